The minimum Gasteiger partial charge on any atom is -0.299 e. The zero-order chi connectivity index (χ0) is 14.7. The molecule has 0 spiro atoms. The SMILES string of the molecule is O=C(Cc1ccc(F)c(F)c1)Cc1ccc(Br)cc1F. The van der Waals surface area contributed by atoms with E-state index >= 15 is 0 Å². The van der Waals surface area contributed by atoms with Gasteiger partial charge in [0, 0.05) is 17.3 Å². The van der Waals surface area contributed by atoms with E-state index in [4.69, 9.17) is 0 Å². The first-order valence-electron chi connectivity index (χ1n) is 5.85. The molecule has 0 aliphatic heterocycles. The smallest absolute Gasteiger partial charge is 0.159 e. The molecule has 0 aliphatic carbocycles. The molecular formula is C15H10BrF3O. The molecule has 104 valence electrons. The standard InChI is InChI=1S/C15H10BrF3O/c16-11-3-2-10(14(18)8-11)7-12(20)5-9-1-4-13(17)15(19)6-9/h1-4,6,8H,5,7H2. The van der Waals surface area contributed by atoms with Gasteiger partial charge < -0.3 is 0 Å². The average molecular weight is 343 g/mol. The highest BCUT2D eigenvalue weighted by molar-refractivity contribution is 9.10. The molecule has 2 aromatic carbocycles. The second-order valence-corrected chi connectivity index (χ2v) is 5.29. The van der Waals surface area contributed by atoms with Crippen molar-refractivity contribution in [1.82, 2.24) is 0 Å². The van der Waals surface area contributed by atoms with Crippen molar-refractivity contribution in [2.75, 3.05) is 0 Å². The molecule has 2 aromatic rings. The minimum absolute atomic E-state index is 0.0628. The Balaban J connectivity index is 2.07. The molecule has 0 saturated carbocycles. The molecule has 5 heteroatoms. The van der Waals surface area contributed by atoms with Crippen molar-refractivity contribution in [1.29, 1.82) is 0 Å². The summed E-state index contributed by atoms with van der Waals surface area (Å²) in [6.45, 7) is 0. The van der Waals surface area contributed by atoms with Gasteiger partial charge in [-0.3, -0.25) is 4.79 Å². The van der Waals surface area contributed by atoms with Crippen molar-refractivity contribution < 1.29 is 18.0 Å². The predicted octanol–water partition coefficient (Wildman–Crippen LogP) is 4.22. The van der Waals surface area contributed by atoms with Crippen molar-refractivity contribution in [3.63, 3.8) is 0 Å². The highest BCUT2D eigenvalue weighted by Crippen LogP contribution is 2.17. The lowest BCUT2D eigenvalue weighted by Gasteiger charge is -2.04. The lowest BCUT2D eigenvalue weighted by atomic mass is 10.0. The highest BCUT2D eigenvalue weighted by atomic mass is 79.9. The van der Waals surface area contributed by atoms with Gasteiger partial charge in [-0.05, 0) is 35.4 Å². The van der Waals surface area contributed by atoms with Gasteiger partial charge in [0.15, 0.2) is 11.6 Å². The Hall–Kier alpha value is -1.62. The van der Waals surface area contributed by atoms with Crippen molar-refractivity contribution in [3.8, 4) is 0 Å². The first kappa shape index (κ1) is 14.8. The largest absolute Gasteiger partial charge is 0.299 e. The lowest BCUT2D eigenvalue weighted by Crippen LogP contribution is -2.08. The molecule has 0 aliphatic rings. The van der Waals surface area contributed by atoms with E-state index in [0.717, 1.165) is 12.1 Å². The molecule has 0 aromatic heterocycles. The summed E-state index contributed by atoms with van der Waals surface area (Å²) in [5.41, 5.74) is 0.646. The third-order valence-electron chi connectivity index (χ3n) is 2.79. The van der Waals surface area contributed by atoms with Crippen LogP contribution < -0.4 is 0 Å². The van der Waals surface area contributed by atoms with Gasteiger partial charge in [0.1, 0.15) is 11.6 Å². The fraction of sp³-hybridized carbons (Fsp3) is 0.133. The van der Waals surface area contributed by atoms with Crippen LogP contribution in [0, 0.1) is 17.5 Å². The van der Waals surface area contributed by atoms with Gasteiger partial charge in [-0.25, -0.2) is 13.2 Å². The molecule has 0 saturated heterocycles. The molecule has 0 bridgehead atoms. The molecule has 0 heterocycles. The number of hydrogen-bond donors (Lipinski definition) is 0. The molecular weight excluding hydrogens is 333 g/mol. The van der Waals surface area contributed by atoms with Crippen molar-refractivity contribution >= 4 is 21.7 Å². The van der Waals surface area contributed by atoms with Crippen LogP contribution in [0.15, 0.2) is 40.9 Å². The van der Waals surface area contributed by atoms with Gasteiger partial charge in [0.05, 0.1) is 0 Å². The highest BCUT2D eigenvalue weighted by Gasteiger charge is 2.11. The van der Waals surface area contributed by atoms with Crippen LogP contribution in [0.1, 0.15) is 11.1 Å². The fourth-order valence-electron chi connectivity index (χ4n) is 1.82. The van der Waals surface area contributed by atoms with Gasteiger partial charge in [0.2, 0.25) is 0 Å². The Morgan fingerprint density at radius 2 is 1.65 bits per heavy atom. The summed E-state index contributed by atoms with van der Waals surface area (Å²) >= 11 is 3.13. The molecule has 0 unspecified atom stereocenters. The average Bonchev–Trinajstić information content (AvgIpc) is 2.37. The van der Waals surface area contributed by atoms with Crippen LogP contribution >= 0.6 is 15.9 Å². The number of carbonyl (C=O) groups is 1. The Kier molecular flexibility index (Phi) is 4.60. The molecule has 0 N–H and O–H groups in total. The summed E-state index contributed by atoms with van der Waals surface area (Å²) in [4.78, 5) is 11.8. The number of halogens is 4. The second-order valence-electron chi connectivity index (χ2n) is 4.38. The zero-order valence-electron chi connectivity index (χ0n) is 10.3. The van der Waals surface area contributed by atoms with Gasteiger partial charge in [-0.2, -0.15) is 0 Å². The van der Waals surface area contributed by atoms with Crippen LogP contribution in [0.2, 0.25) is 0 Å². The van der Waals surface area contributed by atoms with Gasteiger partial charge >= 0.3 is 0 Å². The molecule has 0 atom stereocenters. The molecule has 0 radical (unpaired) electrons. The second kappa shape index (κ2) is 6.22. The number of carbonyl (C=O) groups excluding carboxylic acids is 1. The summed E-state index contributed by atoms with van der Waals surface area (Å²) in [6.07, 6.45) is -0.148. The number of benzene rings is 2. The molecule has 1 nitrogen and oxygen atoms in total. The first-order valence-corrected chi connectivity index (χ1v) is 6.64. The quantitative estimate of drug-likeness (QED) is 0.812. The normalized spacial score (nSPS) is 10.6. The summed E-state index contributed by atoms with van der Waals surface area (Å²) < 4.78 is 39.9. The van der Waals surface area contributed by atoms with Crippen LogP contribution in [-0.2, 0) is 17.6 Å². The monoisotopic (exact) mass is 342 g/mol. The number of rotatable bonds is 4. The zero-order valence-corrected chi connectivity index (χ0v) is 11.9. The van der Waals surface area contributed by atoms with E-state index in [0.29, 0.717) is 10.0 Å². The van der Waals surface area contributed by atoms with Crippen molar-refractivity contribution in [3.05, 3.63) is 69.4 Å². The number of hydrogen-bond acceptors (Lipinski definition) is 1. The molecule has 2 rings (SSSR count). The Morgan fingerprint density at radius 3 is 2.30 bits per heavy atom. The third-order valence-corrected chi connectivity index (χ3v) is 3.28. The van der Waals surface area contributed by atoms with E-state index in [1.807, 2.05) is 0 Å². The van der Waals surface area contributed by atoms with Crippen LogP contribution in [0.5, 0.6) is 0 Å². The fourth-order valence-corrected chi connectivity index (χ4v) is 2.15. The summed E-state index contributed by atoms with van der Waals surface area (Å²) in [5, 5.41) is 0. The maximum atomic E-state index is 13.6. The maximum Gasteiger partial charge on any atom is 0.159 e. The molecule has 20 heavy (non-hydrogen) atoms. The summed E-state index contributed by atoms with van der Waals surface area (Å²) in [6, 6.07) is 7.73. The van der Waals surface area contributed by atoms with E-state index in [1.54, 1.807) is 6.07 Å². The summed E-state index contributed by atoms with van der Waals surface area (Å²) in [5.74, 6) is -2.69. The molecule has 0 amide bonds. The van der Waals surface area contributed by atoms with Crippen LogP contribution in [0.3, 0.4) is 0 Å². The van der Waals surface area contributed by atoms with Crippen molar-refractivity contribution in [2.24, 2.45) is 0 Å². The summed E-state index contributed by atoms with van der Waals surface area (Å²) in [7, 11) is 0. The lowest BCUT2D eigenvalue weighted by molar-refractivity contribution is -0.117. The Morgan fingerprint density at radius 1 is 0.900 bits per heavy atom. The van der Waals surface area contributed by atoms with Crippen LogP contribution in [-0.4, -0.2) is 5.78 Å². The topological polar surface area (TPSA) is 17.1 Å². The maximum absolute atomic E-state index is 13.6. The van der Waals surface area contributed by atoms with Gasteiger partial charge in [-0.15, -0.1) is 0 Å². The Labute approximate surface area is 122 Å². The van der Waals surface area contributed by atoms with Crippen LogP contribution in [0.4, 0.5) is 13.2 Å². The van der Waals surface area contributed by atoms with E-state index in [-0.39, 0.29) is 24.2 Å². The first-order chi connectivity index (χ1) is 9.45. The van der Waals surface area contributed by atoms with Gasteiger partial charge in [-0.1, -0.05) is 28.1 Å². The number of ketones is 1. The third kappa shape index (κ3) is 3.70. The predicted molar refractivity (Wildman–Crippen MR) is 72.9 cm³/mol. The van der Waals surface area contributed by atoms with Crippen molar-refractivity contribution in [2.45, 2.75) is 12.8 Å². The Bertz CT molecular complexity index is 656. The van der Waals surface area contributed by atoms with E-state index in [1.165, 1.54) is 18.2 Å². The van der Waals surface area contributed by atoms with E-state index < -0.39 is 17.5 Å². The van der Waals surface area contributed by atoms with Crippen LogP contribution in [0.25, 0.3) is 0 Å². The van der Waals surface area contributed by atoms with Gasteiger partial charge in [0.25, 0.3) is 0 Å². The minimum atomic E-state index is -0.995. The van der Waals surface area contributed by atoms with E-state index in [9.17, 15) is 18.0 Å². The molecule has 0 fully saturated rings. The van der Waals surface area contributed by atoms with E-state index in [2.05, 4.69) is 15.9 Å². The number of Topliss-reactive ketones (excluding diaryl/α,β-unsaturated/α-hetero) is 1.